The molecule has 170 valence electrons. The highest BCUT2D eigenvalue weighted by molar-refractivity contribution is 5.88. The van der Waals surface area contributed by atoms with Gasteiger partial charge in [-0.2, -0.15) is 5.10 Å². The Hall–Kier alpha value is -3.81. The van der Waals surface area contributed by atoms with E-state index in [2.05, 4.69) is 24.0 Å². The Kier molecular flexibility index (Phi) is 5.50. The van der Waals surface area contributed by atoms with Crippen molar-refractivity contribution in [2.45, 2.75) is 20.4 Å². The smallest absolute Gasteiger partial charge is 0.244 e. The lowest BCUT2D eigenvalue weighted by Gasteiger charge is -2.36. The van der Waals surface area contributed by atoms with Crippen LogP contribution in [0.15, 0.2) is 54.9 Å². The number of carbonyl (C=O) groups excluding carboxylic acids is 1. The first-order chi connectivity index (χ1) is 16.0. The molecule has 0 saturated carbocycles. The molecule has 0 atom stereocenters. The predicted molar refractivity (Wildman–Crippen MR) is 128 cm³/mol. The van der Waals surface area contributed by atoms with E-state index in [1.165, 1.54) is 0 Å². The largest absolute Gasteiger partial charge is 0.497 e. The summed E-state index contributed by atoms with van der Waals surface area (Å²) >= 11 is 0. The SMILES string of the molecule is COc1cccc(N2CCN(C(=O)Cn3nc(-n4cccc4)c4c(C)cc(C)nc43)CC2)c1. The first-order valence-corrected chi connectivity index (χ1v) is 11.2. The van der Waals surface area contributed by atoms with Gasteiger partial charge in [0, 0.05) is 56.0 Å². The molecule has 4 aromatic rings. The summed E-state index contributed by atoms with van der Waals surface area (Å²) in [5.74, 6) is 1.70. The van der Waals surface area contributed by atoms with Gasteiger partial charge < -0.3 is 19.1 Å². The molecule has 1 aliphatic heterocycles. The van der Waals surface area contributed by atoms with Crippen molar-refractivity contribution in [3.05, 3.63) is 66.1 Å². The summed E-state index contributed by atoms with van der Waals surface area (Å²) in [4.78, 5) is 22.1. The van der Waals surface area contributed by atoms with Crippen LogP contribution in [-0.4, -0.2) is 63.4 Å². The lowest BCUT2D eigenvalue weighted by Crippen LogP contribution is -2.49. The zero-order valence-corrected chi connectivity index (χ0v) is 19.2. The molecule has 0 radical (unpaired) electrons. The average molecular weight is 445 g/mol. The third kappa shape index (κ3) is 4.04. The second-order valence-electron chi connectivity index (χ2n) is 8.42. The van der Waals surface area contributed by atoms with Crippen LogP contribution in [0.25, 0.3) is 16.9 Å². The number of aryl methyl sites for hydroxylation is 2. The summed E-state index contributed by atoms with van der Waals surface area (Å²) in [6, 6.07) is 14.0. The van der Waals surface area contributed by atoms with E-state index in [0.717, 1.165) is 52.6 Å². The zero-order valence-electron chi connectivity index (χ0n) is 19.2. The van der Waals surface area contributed by atoms with Crippen molar-refractivity contribution >= 4 is 22.6 Å². The summed E-state index contributed by atoms with van der Waals surface area (Å²) in [5.41, 5.74) is 3.89. The van der Waals surface area contributed by atoms with E-state index < -0.39 is 0 Å². The first kappa shape index (κ1) is 21.1. The van der Waals surface area contributed by atoms with Gasteiger partial charge in [0.2, 0.25) is 5.91 Å². The van der Waals surface area contributed by atoms with Gasteiger partial charge in [0.05, 0.1) is 12.5 Å². The van der Waals surface area contributed by atoms with E-state index in [-0.39, 0.29) is 12.5 Å². The van der Waals surface area contributed by atoms with Gasteiger partial charge in [-0.05, 0) is 49.7 Å². The molecule has 5 rings (SSSR count). The van der Waals surface area contributed by atoms with Crippen molar-refractivity contribution in [3.63, 3.8) is 0 Å². The van der Waals surface area contributed by atoms with Crippen molar-refractivity contribution in [2.75, 3.05) is 38.2 Å². The molecule has 0 unspecified atom stereocenters. The second-order valence-corrected chi connectivity index (χ2v) is 8.42. The van der Waals surface area contributed by atoms with Crippen LogP contribution < -0.4 is 9.64 Å². The molecule has 0 bridgehead atoms. The molecule has 1 amide bonds. The number of methoxy groups -OCH3 is 1. The second kappa shape index (κ2) is 8.61. The standard InChI is InChI=1S/C25H28N6O2/c1-18-15-19(2)26-24-23(18)25(30-9-4-5-10-30)27-31(24)17-22(32)29-13-11-28(12-14-29)20-7-6-8-21(16-20)33-3/h4-10,15-16H,11-14,17H2,1-3H3. The van der Waals surface area contributed by atoms with E-state index in [0.29, 0.717) is 13.1 Å². The summed E-state index contributed by atoms with van der Waals surface area (Å²) in [6.07, 6.45) is 3.93. The van der Waals surface area contributed by atoms with Crippen LogP contribution in [0.1, 0.15) is 11.3 Å². The summed E-state index contributed by atoms with van der Waals surface area (Å²) in [7, 11) is 1.67. The zero-order chi connectivity index (χ0) is 22.9. The van der Waals surface area contributed by atoms with E-state index in [9.17, 15) is 4.79 Å². The molecule has 0 N–H and O–H groups in total. The molecule has 1 fully saturated rings. The Morgan fingerprint density at radius 1 is 1.03 bits per heavy atom. The lowest BCUT2D eigenvalue weighted by atomic mass is 10.2. The monoisotopic (exact) mass is 444 g/mol. The van der Waals surface area contributed by atoms with Crippen molar-refractivity contribution in [1.29, 1.82) is 0 Å². The molecule has 0 spiro atoms. The number of piperazine rings is 1. The molecular weight excluding hydrogens is 416 g/mol. The Labute approximate surface area is 193 Å². The molecule has 33 heavy (non-hydrogen) atoms. The van der Waals surface area contributed by atoms with Crippen molar-refractivity contribution < 1.29 is 9.53 Å². The minimum absolute atomic E-state index is 0.0599. The van der Waals surface area contributed by atoms with Crippen LogP contribution >= 0.6 is 0 Å². The number of anilines is 1. The highest BCUT2D eigenvalue weighted by Crippen LogP contribution is 2.26. The molecule has 1 saturated heterocycles. The minimum atomic E-state index is 0.0599. The summed E-state index contributed by atoms with van der Waals surface area (Å²) in [5, 5.41) is 5.77. The number of carbonyl (C=O) groups is 1. The normalized spacial score (nSPS) is 14.2. The topological polar surface area (TPSA) is 68.4 Å². The van der Waals surface area contributed by atoms with Gasteiger partial charge in [-0.3, -0.25) is 4.79 Å². The number of ether oxygens (including phenoxy) is 1. The average Bonchev–Trinajstić information content (AvgIpc) is 3.48. The predicted octanol–water partition coefficient (Wildman–Crippen LogP) is 3.20. The number of aromatic nitrogens is 4. The number of hydrogen-bond donors (Lipinski definition) is 0. The number of benzene rings is 1. The highest BCUT2D eigenvalue weighted by Gasteiger charge is 2.24. The molecule has 1 aliphatic rings. The summed E-state index contributed by atoms with van der Waals surface area (Å²) in [6.45, 7) is 7.12. The van der Waals surface area contributed by atoms with Crippen molar-refractivity contribution in [1.82, 2.24) is 24.2 Å². The molecule has 8 nitrogen and oxygen atoms in total. The number of nitrogens with zero attached hydrogens (tertiary/aromatic N) is 6. The number of rotatable bonds is 5. The lowest BCUT2D eigenvalue weighted by molar-refractivity contribution is -0.132. The molecule has 1 aromatic carbocycles. The Morgan fingerprint density at radius 3 is 2.52 bits per heavy atom. The van der Waals surface area contributed by atoms with Crippen molar-refractivity contribution in [3.8, 4) is 11.6 Å². The third-order valence-electron chi connectivity index (χ3n) is 6.19. The van der Waals surface area contributed by atoms with E-state index in [1.54, 1.807) is 11.8 Å². The van der Waals surface area contributed by atoms with Gasteiger partial charge in [-0.15, -0.1) is 0 Å². The quantitative estimate of drug-likeness (QED) is 0.473. The maximum absolute atomic E-state index is 13.2. The fourth-order valence-electron chi connectivity index (χ4n) is 4.51. The third-order valence-corrected chi connectivity index (χ3v) is 6.19. The first-order valence-electron chi connectivity index (χ1n) is 11.2. The Balaban J connectivity index is 1.35. The van der Waals surface area contributed by atoms with Gasteiger partial charge in [-0.25, -0.2) is 9.67 Å². The molecule has 3 aromatic heterocycles. The van der Waals surface area contributed by atoms with E-state index in [4.69, 9.17) is 14.8 Å². The van der Waals surface area contributed by atoms with E-state index in [1.807, 2.05) is 59.1 Å². The van der Waals surface area contributed by atoms with Crippen molar-refractivity contribution in [2.24, 2.45) is 0 Å². The fourth-order valence-corrected chi connectivity index (χ4v) is 4.51. The Bertz CT molecular complexity index is 1290. The number of pyridine rings is 1. The number of hydrogen-bond acceptors (Lipinski definition) is 5. The van der Waals surface area contributed by atoms with Crippen LogP contribution in [0.3, 0.4) is 0 Å². The fraction of sp³-hybridized carbons (Fsp3) is 0.320. The van der Waals surface area contributed by atoms with Crippen LogP contribution in [0.2, 0.25) is 0 Å². The number of fused-ring (bicyclic) bond motifs is 1. The molecular formula is C25H28N6O2. The molecule has 8 heteroatoms. The van der Waals surface area contributed by atoms with Crippen LogP contribution in [0.4, 0.5) is 5.69 Å². The maximum atomic E-state index is 13.2. The van der Waals surface area contributed by atoms with Gasteiger partial charge in [0.15, 0.2) is 11.5 Å². The summed E-state index contributed by atoms with van der Waals surface area (Å²) < 4.78 is 9.07. The van der Waals surface area contributed by atoms with Crippen LogP contribution in [0, 0.1) is 13.8 Å². The minimum Gasteiger partial charge on any atom is -0.497 e. The molecule has 4 heterocycles. The van der Waals surface area contributed by atoms with E-state index >= 15 is 0 Å². The van der Waals surface area contributed by atoms with Gasteiger partial charge in [-0.1, -0.05) is 6.07 Å². The van der Waals surface area contributed by atoms with Crippen LogP contribution in [-0.2, 0) is 11.3 Å². The molecule has 0 aliphatic carbocycles. The van der Waals surface area contributed by atoms with Gasteiger partial charge in [0.25, 0.3) is 0 Å². The number of amides is 1. The Morgan fingerprint density at radius 2 is 1.79 bits per heavy atom. The van der Waals surface area contributed by atoms with Gasteiger partial charge >= 0.3 is 0 Å². The highest BCUT2D eigenvalue weighted by atomic mass is 16.5. The van der Waals surface area contributed by atoms with Crippen LogP contribution in [0.5, 0.6) is 5.75 Å². The van der Waals surface area contributed by atoms with Gasteiger partial charge in [0.1, 0.15) is 12.3 Å². The maximum Gasteiger partial charge on any atom is 0.244 e.